The third-order valence-electron chi connectivity index (χ3n) is 2.27. The summed E-state index contributed by atoms with van der Waals surface area (Å²) in [4.78, 5) is 4.22. The highest BCUT2D eigenvalue weighted by Crippen LogP contribution is 2.22. The van der Waals surface area contributed by atoms with Gasteiger partial charge in [0.05, 0.1) is 6.54 Å². The molecule has 1 aliphatic carbocycles. The summed E-state index contributed by atoms with van der Waals surface area (Å²) in [6.07, 6.45) is 12.1. The number of rotatable bonds is 0. The molecule has 2 aliphatic rings. The molecular weight excluding hydrogens is 148 g/mol. The van der Waals surface area contributed by atoms with Crippen molar-refractivity contribution in [2.75, 3.05) is 6.54 Å². The van der Waals surface area contributed by atoms with Crippen molar-refractivity contribution in [1.29, 1.82) is 0 Å². The van der Waals surface area contributed by atoms with Gasteiger partial charge >= 0.3 is 0 Å². The molecule has 1 heterocycles. The summed E-state index contributed by atoms with van der Waals surface area (Å²) < 4.78 is 0. The van der Waals surface area contributed by atoms with Gasteiger partial charge in [0, 0.05) is 18.2 Å². The van der Waals surface area contributed by atoms with Crippen molar-refractivity contribution < 1.29 is 0 Å². The van der Waals surface area contributed by atoms with Crippen molar-refractivity contribution in [2.24, 2.45) is 16.6 Å². The SMILES string of the molecule is NC1C=CC=C2CN=CC=CC21. The standard InChI is InChI=1S/C10H12N2/c11-10-5-1-3-8-7-12-6-2-4-9(8)10/h1-6,9-10H,7,11H2. The van der Waals surface area contributed by atoms with Crippen LogP contribution in [-0.4, -0.2) is 18.8 Å². The number of allylic oxidation sites excluding steroid dienone is 3. The summed E-state index contributed by atoms with van der Waals surface area (Å²) in [5, 5.41) is 0. The normalized spacial score (nSPS) is 32.6. The number of hydrogen-bond donors (Lipinski definition) is 1. The monoisotopic (exact) mass is 160 g/mol. The molecule has 0 bridgehead atoms. The van der Waals surface area contributed by atoms with Crippen LogP contribution in [0.3, 0.4) is 0 Å². The molecule has 12 heavy (non-hydrogen) atoms. The summed E-state index contributed by atoms with van der Waals surface area (Å²) in [5.74, 6) is 0.359. The Morgan fingerprint density at radius 1 is 1.33 bits per heavy atom. The van der Waals surface area contributed by atoms with E-state index in [0.29, 0.717) is 5.92 Å². The molecule has 2 atom stereocenters. The Kier molecular flexibility index (Phi) is 1.92. The first kappa shape index (κ1) is 7.50. The van der Waals surface area contributed by atoms with Crippen molar-refractivity contribution in [2.45, 2.75) is 6.04 Å². The minimum atomic E-state index is 0.128. The topological polar surface area (TPSA) is 38.4 Å². The van der Waals surface area contributed by atoms with Gasteiger partial charge in [-0.3, -0.25) is 4.99 Å². The van der Waals surface area contributed by atoms with E-state index in [-0.39, 0.29) is 6.04 Å². The van der Waals surface area contributed by atoms with E-state index in [0.717, 1.165) is 6.54 Å². The van der Waals surface area contributed by atoms with Crippen molar-refractivity contribution >= 4 is 6.21 Å². The Hall–Kier alpha value is -1.15. The summed E-state index contributed by atoms with van der Waals surface area (Å²) >= 11 is 0. The zero-order valence-electron chi connectivity index (χ0n) is 6.85. The van der Waals surface area contributed by atoms with E-state index in [4.69, 9.17) is 5.73 Å². The van der Waals surface area contributed by atoms with Gasteiger partial charge < -0.3 is 5.73 Å². The highest BCUT2D eigenvalue weighted by atomic mass is 14.7. The van der Waals surface area contributed by atoms with Gasteiger partial charge in [-0.2, -0.15) is 0 Å². The minimum Gasteiger partial charge on any atom is -0.324 e. The van der Waals surface area contributed by atoms with Crippen LogP contribution >= 0.6 is 0 Å². The van der Waals surface area contributed by atoms with Crippen molar-refractivity contribution in [3.63, 3.8) is 0 Å². The molecule has 0 saturated heterocycles. The molecule has 0 radical (unpaired) electrons. The molecule has 1 aliphatic heterocycles. The Labute approximate surface area is 72.2 Å². The van der Waals surface area contributed by atoms with E-state index in [2.05, 4.69) is 17.1 Å². The van der Waals surface area contributed by atoms with Crippen LogP contribution in [0.2, 0.25) is 0 Å². The number of fused-ring (bicyclic) bond motifs is 1. The second kappa shape index (κ2) is 3.07. The molecule has 2 N–H and O–H groups in total. The first-order chi connectivity index (χ1) is 5.88. The van der Waals surface area contributed by atoms with Crippen molar-refractivity contribution in [1.82, 2.24) is 0 Å². The highest BCUT2D eigenvalue weighted by Gasteiger charge is 2.19. The molecule has 0 aromatic heterocycles. The quantitative estimate of drug-likeness (QED) is 0.565. The number of nitrogens with zero attached hydrogens (tertiary/aromatic N) is 1. The molecule has 2 unspecified atom stereocenters. The van der Waals surface area contributed by atoms with Crippen LogP contribution in [0.25, 0.3) is 0 Å². The molecule has 0 saturated carbocycles. The molecule has 0 spiro atoms. The van der Waals surface area contributed by atoms with Gasteiger partial charge in [-0.15, -0.1) is 0 Å². The number of hydrogen-bond acceptors (Lipinski definition) is 2. The maximum Gasteiger partial charge on any atom is 0.0609 e. The average molecular weight is 160 g/mol. The fourth-order valence-electron chi connectivity index (χ4n) is 1.58. The Balaban J connectivity index is 2.31. The Morgan fingerprint density at radius 2 is 2.25 bits per heavy atom. The van der Waals surface area contributed by atoms with Crippen LogP contribution in [-0.2, 0) is 0 Å². The predicted molar refractivity (Wildman–Crippen MR) is 51.2 cm³/mol. The number of nitrogens with two attached hydrogens (primary N) is 1. The molecule has 0 aromatic carbocycles. The van der Waals surface area contributed by atoms with Crippen LogP contribution in [0.5, 0.6) is 0 Å². The molecule has 62 valence electrons. The smallest absolute Gasteiger partial charge is 0.0609 e. The van der Waals surface area contributed by atoms with E-state index < -0.39 is 0 Å². The van der Waals surface area contributed by atoms with Crippen molar-refractivity contribution in [3.05, 3.63) is 36.0 Å². The summed E-state index contributed by atoms with van der Waals surface area (Å²) in [5.41, 5.74) is 7.24. The maximum absolute atomic E-state index is 5.92. The van der Waals surface area contributed by atoms with Crippen LogP contribution in [0.4, 0.5) is 0 Å². The van der Waals surface area contributed by atoms with E-state index >= 15 is 0 Å². The summed E-state index contributed by atoms with van der Waals surface area (Å²) in [7, 11) is 0. The third kappa shape index (κ3) is 1.25. The van der Waals surface area contributed by atoms with Gasteiger partial charge in [0.2, 0.25) is 0 Å². The Morgan fingerprint density at radius 3 is 3.17 bits per heavy atom. The lowest BCUT2D eigenvalue weighted by molar-refractivity contribution is 0.640. The maximum atomic E-state index is 5.92. The lowest BCUT2D eigenvalue weighted by Gasteiger charge is -2.22. The van der Waals surface area contributed by atoms with Crippen LogP contribution in [0.1, 0.15) is 0 Å². The largest absolute Gasteiger partial charge is 0.324 e. The second-order valence-corrected chi connectivity index (χ2v) is 3.10. The summed E-state index contributed by atoms with van der Waals surface area (Å²) in [6.45, 7) is 0.787. The first-order valence-corrected chi connectivity index (χ1v) is 4.17. The molecule has 0 amide bonds. The van der Waals surface area contributed by atoms with E-state index in [1.807, 2.05) is 24.4 Å². The van der Waals surface area contributed by atoms with Crippen LogP contribution in [0.15, 0.2) is 40.9 Å². The van der Waals surface area contributed by atoms with Gasteiger partial charge in [-0.1, -0.05) is 24.3 Å². The van der Waals surface area contributed by atoms with Crippen LogP contribution in [0, 0.1) is 5.92 Å². The van der Waals surface area contributed by atoms with Crippen LogP contribution < -0.4 is 5.73 Å². The fraction of sp³-hybridized carbons (Fsp3) is 0.300. The van der Waals surface area contributed by atoms with E-state index in [1.54, 1.807) is 0 Å². The van der Waals surface area contributed by atoms with Gasteiger partial charge in [0.1, 0.15) is 0 Å². The van der Waals surface area contributed by atoms with Gasteiger partial charge in [-0.05, 0) is 11.6 Å². The van der Waals surface area contributed by atoms with Gasteiger partial charge in [0.25, 0.3) is 0 Å². The molecule has 2 nitrogen and oxygen atoms in total. The second-order valence-electron chi connectivity index (χ2n) is 3.10. The zero-order chi connectivity index (χ0) is 8.39. The predicted octanol–water partition coefficient (Wildman–Crippen LogP) is 1.07. The summed E-state index contributed by atoms with van der Waals surface area (Å²) in [6, 6.07) is 0.128. The Bertz CT molecular complexity index is 284. The molecule has 0 fully saturated rings. The average Bonchev–Trinajstić information content (AvgIpc) is 2.30. The molecule has 0 aromatic rings. The first-order valence-electron chi connectivity index (χ1n) is 4.17. The lowest BCUT2D eigenvalue weighted by Crippen LogP contribution is -2.30. The van der Waals surface area contributed by atoms with Gasteiger partial charge in [-0.25, -0.2) is 0 Å². The zero-order valence-corrected chi connectivity index (χ0v) is 6.85. The van der Waals surface area contributed by atoms with E-state index in [9.17, 15) is 0 Å². The molecular formula is C10H12N2. The van der Waals surface area contributed by atoms with Gasteiger partial charge in [0.15, 0.2) is 0 Å². The number of aliphatic imine (C=N–C) groups is 1. The third-order valence-corrected chi connectivity index (χ3v) is 2.27. The lowest BCUT2D eigenvalue weighted by atomic mass is 9.88. The van der Waals surface area contributed by atoms with E-state index in [1.165, 1.54) is 5.57 Å². The molecule has 2 rings (SSSR count). The fourth-order valence-corrected chi connectivity index (χ4v) is 1.58. The molecule has 2 heteroatoms. The minimum absolute atomic E-state index is 0.128. The highest BCUT2D eigenvalue weighted by molar-refractivity contribution is 5.72. The van der Waals surface area contributed by atoms with Crippen molar-refractivity contribution in [3.8, 4) is 0 Å².